The summed E-state index contributed by atoms with van der Waals surface area (Å²) < 4.78 is 36.4. The van der Waals surface area contributed by atoms with E-state index >= 15 is 0 Å². The number of carbonyl (C=O) groups is 1. The van der Waals surface area contributed by atoms with E-state index in [1.165, 1.54) is 25.1 Å². The van der Waals surface area contributed by atoms with E-state index in [2.05, 4.69) is 12.6 Å². The van der Waals surface area contributed by atoms with Gasteiger partial charge in [-0.15, -0.1) is 24.2 Å². The van der Waals surface area contributed by atoms with Crippen LogP contribution in [-0.2, 0) is 4.79 Å². The van der Waals surface area contributed by atoms with Gasteiger partial charge in [-0.25, -0.2) is 0 Å². The maximum absolute atomic E-state index is 12.1. The second-order valence-electron chi connectivity index (χ2n) is 3.24. The average Bonchev–Trinajstić information content (AvgIpc) is 2.14. The Labute approximate surface area is 111 Å². The molecule has 0 fully saturated rings. The second kappa shape index (κ2) is 5.54. The highest BCUT2D eigenvalue weighted by molar-refractivity contribution is 8.00. The van der Waals surface area contributed by atoms with Crippen molar-refractivity contribution in [3.8, 4) is 0 Å². The number of thioether (sulfide) groups is 1. The van der Waals surface area contributed by atoms with Crippen LogP contribution in [0.4, 0.5) is 13.2 Å². The fourth-order valence-corrected chi connectivity index (χ4v) is 2.43. The molecular formula is C10H8ClF3OS2. The summed E-state index contributed by atoms with van der Waals surface area (Å²) in [4.78, 5) is 11.3. The van der Waals surface area contributed by atoms with Crippen LogP contribution in [0.2, 0.25) is 0 Å². The maximum atomic E-state index is 12.1. The van der Waals surface area contributed by atoms with Crippen molar-refractivity contribution in [2.45, 2.75) is 27.6 Å². The highest BCUT2D eigenvalue weighted by atomic mass is 35.5. The predicted octanol–water partition coefficient (Wildman–Crippen LogP) is 4.46. The van der Waals surface area contributed by atoms with E-state index in [0.29, 0.717) is 5.56 Å². The van der Waals surface area contributed by atoms with Gasteiger partial charge in [-0.2, -0.15) is 13.2 Å². The van der Waals surface area contributed by atoms with Crippen LogP contribution < -0.4 is 0 Å². The number of thiol groups is 1. The highest BCUT2D eigenvalue weighted by Crippen LogP contribution is 2.39. The minimum atomic E-state index is -4.34. The molecule has 0 amide bonds. The lowest BCUT2D eigenvalue weighted by Crippen LogP contribution is -2.03. The molecule has 1 atom stereocenters. The lowest BCUT2D eigenvalue weighted by Gasteiger charge is -2.11. The summed E-state index contributed by atoms with van der Waals surface area (Å²) >= 11 is 9.61. The first-order valence-corrected chi connectivity index (χ1v) is 6.14. The largest absolute Gasteiger partial charge is 0.446 e. The summed E-state index contributed by atoms with van der Waals surface area (Å²) in [6.07, 6.45) is 0. The number of halogens is 4. The number of ketones is 1. The first kappa shape index (κ1) is 14.7. The summed E-state index contributed by atoms with van der Waals surface area (Å²) in [6, 6.07) is 3.90. The van der Waals surface area contributed by atoms with Gasteiger partial charge < -0.3 is 0 Å². The molecule has 1 unspecified atom stereocenters. The zero-order valence-electron chi connectivity index (χ0n) is 8.58. The first-order valence-electron chi connectivity index (χ1n) is 4.44. The van der Waals surface area contributed by atoms with Gasteiger partial charge >= 0.3 is 5.51 Å². The SMILES string of the molecule is CC(=O)C(Cl)c1ccc(SC(F)(F)F)cc1S. The van der Waals surface area contributed by atoms with E-state index in [1.54, 1.807) is 0 Å². The number of carbonyl (C=O) groups excluding carboxylic acids is 1. The molecular weight excluding hydrogens is 293 g/mol. The van der Waals surface area contributed by atoms with Crippen LogP contribution in [0.5, 0.6) is 0 Å². The van der Waals surface area contributed by atoms with E-state index in [1.807, 2.05) is 0 Å². The number of alkyl halides is 4. The average molecular weight is 301 g/mol. The molecule has 1 nitrogen and oxygen atoms in total. The number of hydrogen-bond donors (Lipinski definition) is 1. The molecule has 0 bridgehead atoms. The van der Waals surface area contributed by atoms with Gasteiger partial charge in [0.05, 0.1) is 0 Å². The molecule has 0 saturated carbocycles. The third kappa shape index (κ3) is 4.44. The van der Waals surface area contributed by atoms with Gasteiger partial charge in [0.1, 0.15) is 5.38 Å². The third-order valence-corrected chi connectivity index (χ3v) is 3.52. The molecule has 0 N–H and O–H groups in total. The Bertz CT molecular complexity index is 434. The molecule has 0 heterocycles. The quantitative estimate of drug-likeness (QED) is 0.504. The van der Waals surface area contributed by atoms with Crippen molar-refractivity contribution in [3.63, 3.8) is 0 Å². The summed E-state index contributed by atoms with van der Waals surface area (Å²) in [5, 5.41) is -0.882. The van der Waals surface area contributed by atoms with Crippen LogP contribution in [0, 0.1) is 0 Å². The van der Waals surface area contributed by atoms with E-state index in [9.17, 15) is 18.0 Å². The zero-order chi connectivity index (χ0) is 13.2. The van der Waals surface area contributed by atoms with E-state index in [-0.39, 0.29) is 27.3 Å². The van der Waals surface area contributed by atoms with Crippen LogP contribution in [0.25, 0.3) is 0 Å². The number of benzene rings is 1. The second-order valence-corrected chi connectivity index (χ2v) is 5.30. The number of Topliss-reactive ketones (excluding diaryl/α,β-unsaturated/α-hetero) is 1. The Hall–Kier alpha value is -0.330. The minimum absolute atomic E-state index is 0.0127. The van der Waals surface area contributed by atoms with E-state index in [4.69, 9.17) is 11.6 Å². The van der Waals surface area contributed by atoms with Crippen LogP contribution in [0.15, 0.2) is 28.0 Å². The molecule has 17 heavy (non-hydrogen) atoms. The highest BCUT2D eigenvalue weighted by Gasteiger charge is 2.29. The Morgan fingerprint density at radius 3 is 2.47 bits per heavy atom. The molecule has 94 valence electrons. The Morgan fingerprint density at radius 1 is 1.47 bits per heavy atom. The van der Waals surface area contributed by atoms with Gasteiger partial charge in [-0.1, -0.05) is 6.07 Å². The van der Waals surface area contributed by atoms with Crippen molar-refractivity contribution in [2.75, 3.05) is 0 Å². The molecule has 0 aliphatic rings. The Balaban J connectivity index is 2.98. The Morgan fingerprint density at radius 2 is 2.06 bits per heavy atom. The lowest BCUT2D eigenvalue weighted by atomic mass is 10.1. The monoisotopic (exact) mass is 300 g/mol. The van der Waals surface area contributed by atoms with Gasteiger partial charge in [0.15, 0.2) is 5.78 Å². The van der Waals surface area contributed by atoms with Gasteiger partial charge in [-0.05, 0) is 36.4 Å². The molecule has 1 aromatic carbocycles. The smallest absolute Gasteiger partial charge is 0.298 e. The van der Waals surface area contributed by atoms with Gasteiger partial charge in [0.25, 0.3) is 0 Å². The molecule has 1 aromatic rings. The van der Waals surface area contributed by atoms with Crippen molar-refractivity contribution < 1.29 is 18.0 Å². The standard InChI is InChI=1S/C10H8ClF3OS2/c1-5(15)9(11)7-3-2-6(4-8(7)16)17-10(12,13)14/h2-4,9,16H,1H3. The van der Waals surface area contributed by atoms with Crippen molar-refractivity contribution in [2.24, 2.45) is 0 Å². The minimum Gasteiger partial charge on any atom is -0.298 e. The molecule has 0 aromatic heterocycles. The topological polar surface area (TPSA) is 17.1 Å². The summed E-state index contributed by atoms with van der Waals surface area (Å²) in [5.41, 5.74) is -3.93. The van der Waals surface area contributed by atoms with E-state index in [0.717, 1.165) is 0 Å². The molecule has 0 spiro atoms. The van der Waals surface area contributed by atoms with Crippen molar-refractivity contribution in [1.82, 2.24) is 0 Å². The maximum Gasteiger partial charge on any atom is 0.446 e. The summed E-state index contributed by atoms with van der Waals surface area (Å²) in [7, 11) is 0. The molecule has 0 radical (unpaired) electrons. The molecule has 7 heteroatoms. The van der Waals surface area contributed by atoms with Crippen molar-refractivity contribution >= 4 is 41.8 Å². The van der Waals surface area contributed by atoms with Gasteiger partial charge in [0.2, 0.25) is 0 Å². The Kier molecular flexibility index (Phi) is 4.80. The van der Waals surface area contributed by atoms with Crippen LogP contribution in [0.1, 0.15) is 17.9 Å². The molecule has 1 rings (SSSR count). The molecule has 0 saturated heterocycles. The van der Waals surface area contributed by atoms with Crippen LogP contribution in [-0.4, -0.2) is 11.3 Å². The van der Waals surface area contributed by atoms with Crippen LogP contribution >= 0.6 is 36.0 Å². The third-order valence-electron chi connectivity index (χ3n) is 1.87. The summed E-state index contributed by atoms with van der Waals surface area (Å²) in [5.74, 6) is -0.279. The predicted molar refractivity (Wildman–Crippen MR) is 64.9 cm³/mol. The van der Waals surface area contributed by atoms with E-state index < -0.39 is 10.9 Å². The van der Waals surface area contributed by atoms with Crippen molar-refractivity contribution in [1.29, 1.82) is 0 Å². The van der Waals surface area contributed by atoms with Gasteiger partial charge in [-0.3, -0.25) is 4.79 Å². The fraction of sp³-hybridized carbons (Fsp3) is 0.300. The normalized spacial score (nSPS) is 13.5. The van der Waals surface area contributed by atoms with Gasteiger partial charge in [0, 0.05) is 9.79 Å². The van der Waals surface area contributed by atoms with Crippen LogP contribution in [0.3, 0.4) is 0 Å². The first-order chi connectivity index (χ1) is 7.70. The zero-order valence-corrected chi connectivity index (χ0v) is 11.1. The van der Waals surface area contributed by atoms with Crippen molar-refractivity contribution in [3.05, 3.63) is 23.8 Å². The molecule has 0 aliphatic heterocycles. The summed E-state index contributed by atoms with van der Waals surface area (Å²) in [6.45, 7) is 1.31. The number of hydrogen-bond acceptors (Lipinski definition) is 3. The number of rotatable bonds is 3. The molecule has 0 aliphatic carbocycles. The fourth-order valence-electron chi connectivity index (χ4n) is 1.15. The lowest BCUT2D eigenvalue weighted by molar-refractivity contribution is -0.116.